The van der Waals surface area contributed by atoms with Gasteiger partial charge in [-0.3, -0.25) is 4.98 Å². The summed E-state index contributed by atoms with van der Waals surface area (Å²) in [5.41, 5.74) is 0.545. The van der Waals surface area contributed by atoms with Crippen molar-refractivity contribution in [2.75, 3.05) is 38.7 Å². The molecular weight excluding hydrogens is 294 g/mol. The van der Waals surface area contributed by atoms with Gasteiger partial charge in [0.1, 0.15) is 4.90 Å². The summed E-state index contributed by atoms with van der Waals surface area (Å²) in [7, 11) is -1.86. The summed E-state index contributed by atoms with van der Waals surface area (Å²) < 4.78 is 32.2. The average Bonchev–Trinajstić information content (AvgIpc) is 2.53. The monoisotopic (exact) mass is 315 g/mol. The van der Waals surface area contributed by atoms with Crippen molar-refractivity contribution < 1.29 is 18.3 Å². The normalized spacial score (nSPS) is 17.8. The number of rotatable bonds is 6. The first kappa shape index (κ1) is 16.2. The smallest absolute Gasteiger partial charge is 0.246 e. The number of piperidine rings is 1. The summed E-state index contributed by atoms with van der Waals surface area (Å²) in [6.45, 7) is 1.11. The number of hydrogen-bond donors (Lipinski definition) is 2. The van der Waals surface area contributed by atoms with Crippen LogP contribution in [0.25, 0.3) is 0 Å². The van der Waals surface area contributed by atoms with Crippen LogP contribution in [0.15, 0.2) is 23.4 Å². The molecule has 1 aliphatic rings. The van der Waals surface area contributed by atoms with Crippen LogP contribution in [0.5, 0.6) is 0 Å². The van der Waals surface area contributed by atoms with Gasteiger partial charge in [0.25, 0.3) is 0 Å². The van der Waals surface area contributed by atoms with Gasteiger partial charge in [-0.1, -0.05) is 0 Å². The van der Waals surface area contributed by atoms with Crippen LogP contribution in [0.1, 0.15) is 12.8 Å². The van der Waals surface area contributed by atoms with Crippen molar-refractivity contribution in [1.82, 2.24) is 9.29 Å². The molecule has 0 spiro atoms. The minimum atomic E-state index is -3.55. The van der Waals surface area contributed by atoms with E-state index in [-0.39, 0.29) is 17.6 Å². The molecule has 0 saturated carbocycles. The lowest BCUT2D eigenvalue weighted by molar-refractivity contribution is 0.00319. The van der Waals surface area contributed by atoms with E-state index < -0.39 is 10.0 Å². The van der Waals surface area contributed by atoms with Crippen LogP contribution in [0.4, 0.5) is 5.69 Å². The van der Waals surface area contributed by atoms with E-state index in [9.17, 15) is 8.42 Å². The maximum absolute atomic E-state index is 12.7. The van der Waals surface area contributed by atoms with Crippen LogP contribution in [-0.4, -0.2) is 62.3 Å². The van der Waals surface area contributed by atoms with Gasteiger partial charge in [0.05, 0.1) is 25.0 Å². The number of nitrogens with zero attached hydrogens (tertiary/aromatic N) is 2. The Balaban J connectivity index is 2.08. The number of aromatic nitrogens is 1. The maximum atomic E-state index is 12.7. The van der Waals surface area contributed by atoms with E-state index in [0.29, 0.717) is 38.2 Å². The molecule has 1 saturated heterocycles. The molecule has 7 nitrogen and oxygen atoms in total. The predicted octanol–water partition coefficient (Wildman–Crippen LogP) is 0.285. The number of ether oxygens (including phenoxy) is 1. The highest BCUT2D eigenvalue weighted by Gasteiger charge is 2.31. The number of sulfonamides is 1. The van der Waals surface area contributed by atoms with Crippen LogP contribution in [-0.2, 0) is 14.8 Å². The third kappa shape index (κ3) is 3.70. The molecule has 0 atom stereocenters. The molecule has 0 amide bonds. The van der Waals surface area contributed by atoms with Crippen molar-refractivity contribution in [3.8, 4) is 0 Å². The van der Waals surface area contributed by atoms with Gasteiger partial charge in [-0.25, -0.2) is 8.42 Å². The number of pyridine rings is 1. The van der Waals surface area contributed by atoms with Gasteiger partial charge in [-0.15, -0.1) is 0 Å². The van der Waals surface area contributed by atoms with Crippen LogP contribution in [0, 0.1) is 0 Å². The second-order valence-corrected chi connectivity index (χ2v) is 6.73. The van der Waals surface area contributed by atoms with Gasteiger partial charge in [-0.05, 0) is 18.9 Å². The summed E-state index contributed by atoms with van der Waals surface area (Å²) in [5, 5.41) is 11.6. The van der Waals surface area contributed by atoms with E-state index in [1.807, 2.05) is 0 Å². The van der Waals surface area contributed by atoms with Crippen molar-refractivity contribution in [2.45, 2.75) is 23.8 Å². The maximum Gasteiger partial charge on any atom is 0.246 e. The summed E-state index contributed by atoms with van der Waals surface area (Å²) >= 11 is 0. The van der Waals surface area contributed by atoms with E-state index in [4.69, 9.17) is 9.84 Å². The van der Waals surface area contributed by atoms with Crippen molar-refractivity contribution in [1.29, 1.82) is 0 Å². The number of aliphatic hydroxyl groups is 1. The predicted molar refractivity (Wildman–Crippen MR) is 78.6 cm³/mol. The second kappa shape index (κ2) is 7.17. The SMILES string of the molecule is CNc1ccncc1S(=O)(=O)N1CCC(OCCO)CC1. The first-order chi connectivity index (χ1) is 10.1. The van der Waals surface area contributed by atoms with Gasteiger partial charge in [0.2, 0.25) is 10.0 Å². The summed E-state index contributed by atoms with van der Waals surface area (Å²) in [4.78, 5) is 4.11. The molecule has 0 bridgehead atoms. The molecule has 0 radical (unpaired) electrons. The van der Waals surface area contributed by atoms with E-state index >= 15 is 0 Å². The standard InChI is InChI=1S/C13H21N3O4S/c1-14-12-2-5-15-10-13(12)21(18,19)16-6-3-11(4-7-16)20-9-8-17/h2,5,10-11,17H,3-4,6-9H2,1H3,(H,14,15). The largest absolute Gasteiger partial charge is 0.394 e. The number of aliphatic hydroxyl groups excluding tert-OH is 1. The molecule has 118 valence electrons. The molecular formula is C13H21N3O4S. The van der Waals surface area contributed by atoms with Gasteiger partial charge in [0, 0.05) is 32.5 Å². The summed E-state index contributed by atoms with van der Waals surface area (Å²) in [5.74, 6) is 0. The first-order valence-electron chi connectivity index (χ1n) is 6.94. The molecule has 0 unspecified atom stereocenters. The highest BCUT2D eigenvalue weighted by Crippen LogP contribution is 2.26. The van der Waals surface area contributed by atoms with Gasteiger partial charge < -0.3 is 15.2 Å². The molecule has 2 rings (SSSR count). The fourth-order valence-corrected chi connectivity index (χ4v) is 4.00. The van der Waals surface area contributed by atoms with Crippen LogP contribution < -0.4 is 5.32 Å². The Bertz CT molecular complexity index is 556. The van der Waals surface area contributed by atoms with E-state index in [1.165, 1.54) is 10.5 Å². The van der Waals surface area contributed by atoms with Crippen molar-refractivity contribution in [3.63, 3.8) is 0 Å². The minimum Gasteiger partial charge on any atom is -0.394 e. The first-order valence-corrected chi connectivity index (χ1v) is 8.38. The number of anilines is 1. The van der Waals surface area contributed by atoms with E-state index in [2.05, 4.69) is 10.3 Å². The fourth-order valence-electron chi connectivity index (χ4n) is 2.39. The molecule has 1 aliphatic heterocycles. The zero-order valence-electron chi connectivity index (χ0n) is 12.0. The fraction of sp³-hybridized carbons (Fsp3) is 0.615. The third-order valence-electron chi connectivity index (χ3n) is 3.52. The van der Waals surface area contributed by atoms with E-state index in [0.717, 1.165) is 0 Å². The van der Waals surface area contributed by atoms with Gasteiger partial charge in [-0.2, -0.15) is 4.31 Å². The molecule has 1 fully saturated rings. The Morgan fingerprint density at radius 3 is 2.81 bits per heavy atom. The van der Waals surface area contributed by atoms with Crippen LogP contribution in [0.3, 0.4) is 0 Å². The van der Waals surface area contributed by atoms with Crippen molar-refractivity contribution in [2.24, 2.45) is 0 Å². The molecule has 2 N–H and O–H groups in total. The summed E-state index contributed by atoms with van der Waals surface area (Å²) in [6, 6.07) is 1.64. The zero-order valence-corrected chi connectivity index (χ0v) is 12.8. The number of nitrogens with one attached hydrogen (secondary N) is 1. The van der Waals surface area contributed by atoms with Crippen LogP contribution >= 0.6 is 0 Å². The topological polar surface area (TPSA) is 91.8 Å². The average molecular weight is 315 g/mol. The van der Waals surface area contributed by atoms with Crippen molar-refractivity contribution in [3.05, 3.63) is 18.5 Å². The zero-order chi connectivity index (χ0) is 15.3. The molecule has 21 heavy (non-hydrogen) atoms. The molecule has 2 heterocycles. The third-order valence-corrected chi connectivity index (χ3v) is 5.44. The van der Waals surface area contributed by atoms with Crippen LogP contribution in [0.2, 0.25) is 0 Å². The Morgan fingerprint density at radius 2 is 2.19 bits per heavy atom. The van der Waals surface area contributed by atoms with Crippen molar-refractivity contribution >= 4 is 15.7 Å². The van der Waals surface area contributed by atoms with Gasteiger partial charge >= 0.3 is 0 Å². The molecule has 8 heteroatoms. The highest BCUT2D eigenvalue weighted by atomic mass is 32.2. The summed E-state index contributed by atoms with van der Waals surface area (Å²) in [6.07, 6.45) is 4.21. The Labute approximate surface area is 125 Å². The quantitative estimate of drug-likeness (QED) is 0.784. The Kier molecular flexibility index (Phi) is 5.51. The lowest BCUT2D eigenvalue weighted by Gasteiger charge is -2.31. The molecule has 1 aromatic rings. The van der Waals surface area contributed by atoms with Gasteiger partial charge in [0.15, 0.2) is 0 Å². The Hall–Kier alpha value is -1.22. The second-order valence-electron chi connectivity index (χ2n) is 4.82. The highest BCUT2D eigenvalue weighted by molar-refractivity contribution is 7.89. The molecule has 0 aliphatic carbocycles. The molecule has 0 aromatic carbocycles. The molecule has 1 aromatic heterocycles. The Morgan fingerprint density at radius 1 is 1.48 bits per heavy atom. The van der Waals surface area contributed by atoms with E-state index in [1.54, 1.807) is 19.3 Å². The lowest BCUT2D eigenvalue weighted by atomic mass is 10.1. The lowest BCUT2D eigenvalue weighted by Crippen LogP contribution is -2.41. The minimum absolute atomic E-state index is 0.0142. The number of hydrogen-bond acceptors (Lipinski definition) is 6.